The van der Waals surface area contributed by atoms with Crippen LogP contribution in [0.25, 0.3) is 11.0 Å². The van der Waals surface area contributed by atoms with Gasteiger partial charge in [-0.3, -0.25) is 4.79 Å². The maximum Gasteiger partial charge on any atom is 0.253 e. The van der Waals surface area contributed by atoms with Gasteiger partial charge in [-0.15, -0.1) is 0 Å². The van der Waals surface area contributed by atoms with Crippen molar-refractivity contribution in [2.45, 2.75) is 64.0 Å². The minimum Gasteiger partial charge on any atom is -0.307 e. The number of aromatic amines is 1. The van der Waals surface area contributed by atoms with Gasteiger partial charge in [0.25, 0.3) is 5.56 Å². The van der Waals surface area contributed by atoms with Crippen LogP contribution < -0.4 is 5.56 Å². The lowest BCUT2D eigenvalue weighted by molar-refractivity contribution is 0.402. The van der Waals surface area contributed by atoms with Gasteiger partial charge in [-0.1, -0.05) is 30.7 Å². The Morgan fingerprint density at radius 3 is 2.38 bits per heavy atom. The van der Waals surface area contributed by atoms with E-state index in [0.29, 0.717) is 12.5 Å². The molecule has 3 aromatic rings. The lowest BCUT2D eigenvalue weighted by Crippen LogP contribution is -2.20. The quantitative estimate of drug-likeness (QED) is 0.717. The lowest BCUT2D eigenvalue weighted by Gasteiger charge is -2.25. The molecule has 1 fully saturated rings. The van der Waals surface area contributed by atoms with Gasteiger partial charge in [0.05, 0.1) is 12.2 Å². The van der Waals surface area contributed by atoms with Gasteiger partial charge >= 0.3 is 0 Å². The van der Waals surface area contributed by atoms with Crippen molar-refractivity contribution in [1.82, 2.24) is 19.7 Å². The molecule has 5 nitrogen and oxygen atoms in total. The van der Waals surface area contributed by atoms with E-state index in [0.717, 1.165) is 37.0 Å². The molecular formula is C24H30N4O. The molecule has 0 atom stereocenters. The number of pyridine rings is 1. The summed E-state index contributed by atoms with van der Waals surface area (Å²) in [6.45, 7) is 1.64. The first-order valence-electron chi connectivity index (χ1n) is 11.0. The second-order valence-corrected chi connectivity index (χ2v) is 9.07. The van der Waals surface area contributed by atoms with Crippen LogP contribution in [-0.4, -0.2) is 33.8 Å². The van der Waals surface area contributed by atoms with Crippen LogP contribution in [0.2, 0.25) is 0 Å². The minimum absolute atomic E-state index is 0.0924. The highest BCUT2D eigenvalue weighted by atomic mass is 16.1. The Hall–Kier alpha value is -2.40. The normalized spacial score (nSPS) is 16.9. The van der Waals surface area contributed by atoms with Crippen LogP contribution in [0, 0.1) is 0 Å². The molecule has 5 rings (SSSR count). The number of hydrogen-bond acceptors (Lipinski definition) is 3. The molecule has 1 aromatic carbocycles. The number of aromatic nitrogens is 3. The zero-order chi connectivity index (χ0) is 20.0. The molecule has 0 bridgehead atoms. The van der Waals surface area contributed by atoms with E-state index in [9.17, 15) is 4.79 Å². The number of nitrogens with zero attached hydrogens (tertiary/aromatic N) is 3. The Morgan fingerprint density at radius 1 is 1.03 bits per heavy atom. The maximum atomic E-state index is 12.8. The molecule has 0 amide bonds. The highest BCUT2D eigenvalue weighted by molar-refractivity contribution is 5.84. The molecule has 0 spiro atoms. The number of fused-ring (bicyclic) bond motifs is 3. The van der Waals surface area contributed by atoms with Crippen LogP contribution in [0.15, 0.2) is 29.1 Å². The Morgan fingerprint density at radius 2 is 1.72 bits per heavy atom. The number of benzene rings is 1. The van der Waals surface area contributed by atoms with Crippen molar-refractivity contribution in [3.05, 3.63) is 62.6 Å². The second kappa shape index (κ2) is 7.45. The summed E-state index contributed by atoms with van der Waals surface area (Å²) in [5.74, 6) is 0.554. The van der Waals surface area contributed by atoms with Crippen molar-refractivity contribution in [2.75, 3.05) is 14.1 Å². The monoisotopic (exact) mass is 390 g/mol. The third-order valence-electron chi connectivity index (χ3n) is 6.60. The molecular weight excluding hydrogens is 360 g/mol. The van der Waals surface area contributed by atoms with Crippen molar-refractivity contribution in [3.63, 3.8) is 0 Å². The third-order valence-corrected chi connectivity index (χ3v) is 6.60. The summed E-state index contributed by atoms with van der Waals surface area (Å²) >= 11 is 0. The van der Waals surface area contributed by atoms with Crippen molar-refractivity contribution < 1.29 is 0 Å². The van der Waals surface area contributed by atoms with E-state index < -0.39 is 0 Å². The fourth-order valence-corrected chi connectivity index (χ4v) is 4.89. The maximum absolute atomic E-state index is 12.8. The van der Waals surface area contributed by atoms with E-state index in [1.807, 2.05) is 4.68 Å². The van der Waals surface area contributed by atoms with Gasteiger partial charge in [-0.05, 0) is 69.3 Å². The number of rotatable bonds is 5. The second-order valence-electron chi connectivity index (χ2n) is 9.07. The van der Waals surface area contributed by atoms with Crippen LogP contribution in [0.4, 0.5) is 0 Å². The number of aryl methyl sites for hydroxylation is 1. The molecule has 29 heavy (non-hydrogen) atoms. The SMILES string of the molecule is CN(C)Cc1ccc(Cn2nc(C3CCC3)c3c4c(c(=O)[nH]c32)CCCC4)cc1. The Kier molecular flexibility index (Phi) is 4.78. The molecule has 0 aliphatic heterocycles. The van der Waals surface area contributed by atoms with Gasteiger partial charge in [-0.2, -0.15) is 5.10 Å². The average Bonchev–Trinajstić information content (AvgIpc) is 3.00. The number of H-pyrrole nitrogens is 1. The van der Waals surface area contributed by atoms with Gasteiger partial charge in [0.2, 0.25) is 0 Å². The number of hydrogen-bond donors (Lipinski definition) is 1. The molecule has 0 saturated heterocycles. The van der Waals surface area contributed by atoms with Crippen molar-refractivity contribution in [1.29, 1.82) is 0 Å². The third kappa shape index (κ3) is 3.42. The van der Waals surface area contributed by atoms with E-state index in [-0.39, 0.29) is 5.56 Å². The van der Waals surface area contributed by atoms with Crippen LogP contribution in [-0.2, 0) is 25.9 Å². The van der Waals surface area contributed by atoms with E-state index in [2.05, 4.69) is 48.2 Å². The summed E-state index contributed by atoms with van der Waals surface area (Å²) in [6.07, 6.45) is 7.95. The van der Waals surface area contributed by atoms with Gasteiger partial charge in [0.15, 0.2) is 0 Å². The molecule has 2 heterocycles. The summed E-state index contributed by atoms with van der Waals surface area (Å²) < 4.78 is 2.04. The van der Waals surface area contributed by atoms with Gasteiger partial charge in [0, 0.05) is 23.4 Å². The van der Waals surface area contributed by atoms with Crippen LogP contribution in [0.1, 0.15) is 66.0 Å². The summed E-state index contributed by atoms with van der Waals surface area (Å²) in [4.78, 5) is 18.2. The van der Waals surface area contributed by atoms with Crippen molar-refractivity contribution >= 4 is 11.0 Å². The van der Waals surface area contributed by atoms with E-state index in [1.54, 1.807) is 0 Å². The lowest BCUT2D eigenvalue weighted by atomic mass is 9.80. The largest absolute Gasteiger partial charge is 0.307 e. The molecule has 1 saturated carbocycles. The first-order chi connectivity index (χ1) is 14.1. The van der Waals surface area contributed by atoms with E-state index in [4.69, 9.17) is 5.10 Å². The standard InChI is InChI=1S/C24H30N4O/c1-27(2)14-16-10-12-17(13-11-16)15-28-23-21(22(26-28)18-6-5-7-18)19-8-3-4-9-20(19)24(29)25-23/h10-13,18H,3-9,14-15H2,1-2H3,(H,25,29). The Labute approximate surface area is 171 Å². The zero-order valence-electron chi connectivity index (χ0n) is 17.5. The summed E-state index contributed by atoms with van der Waals surface area (Å²) in [5.41, 5.74) is 7.06. The van der Waals surface area contributed by atoms with Gasteiger partial charge in [0.1, 0.15) is 5.65 Å². The molecule has 152 valence electrons. The van der Waals surface area contributed by atoms with Crippen molar-refractivity contribution in [3.8, 4) is 0 Å². The molecule has 1 N–H and O–H groups in total. The first-order valence-corrected chi connectivity index (χ1v) is 11.0. The predicted octanol–water partition coefficient (Wildman–Crippen LogP) is 3.98. The van der Waals surface area contributed by atoms with Gasteiger partial charge < -0.3 is 9.88 Å². The molecule has 5 heteroatoms. The Balaban J connectivity index is 1.57. The minimum atomic E-state index is 0.0924. The average molecular weight is 391 g/mol. The van der Waals surface area contributed by atoms with Crippen LogP contribution >= 0.6 is 0 Å². The topological polar surface area (TPSA) is 53.9 Å². The smallest absolute Gasteiger partial charge is 0.253 e. The fourth-order valence-electron chi connectivity index (χ4n) is 4.89. The van der Waals surface area contributed by atoms with E-state index in [1.165, 1.54) is 53.5 Å². The highest BCUT2D eigenvalue weighted by Gasteiger charge is 2.29. The summed E-state index contributed by atoms with van der Waals surface area (Å²) in [6, 6.07) is 8.76. The van der Waals surface area contributed by atoms with Crippen molar-refractivity contribution in [2.24, 2.45) is 0 Å². The molecule has 0 unspecified atom stereocenters. The fraction of sp³-hybridized carbons (Fsp3) is 0.500. The highest BCUT2D eigenvalue weighted by Crippen LogP contribution is 2.41. The molecule has 2 aromatic heterocycles. The van der Waals surface area contributed by atoms with Crippen LogP contribution in [0.5, 0.6) is 0 Å². The van der Waals surface area contributed by atoms with Crippen LogP contribution in [0.3, 0.4) is 0 Å². The Bertz CT molecular complexity index is 1090. The first kappa shape index (κ1) is 18.6. The zero-order valence-corrected chi connectivity index (χ0v) is 17.5. The number of nitrogens with one attached hydrogen (secondary N) is 1. The molecule has 2 aliphatic carbocycles. The van der Waals surface area contributed by atoms with E-state index >= 15 is 0 Å². The predicted molar refractivity (Wildman–Crippen MR) is 117 cm³/mol. The van der Waals surface area contributed by atoms with Gasteiger partial charge in [-0.25, -0.2) is 4.68 Å². The molecule has 2 aliphatic rings. The summed E-state index contributed by atoms with van der Waals surface area (Å²) in [5, 5.41) is 6.32. The summed E-state index contributed by atoms with van der Waals surface area (Å²) in [7, 11) is 4.17. The molecule has 0 radical (unpaired) electrons.